The Morgan fingerprint density at radius 3 is 2.81 bits per heavy atom. The highest BCUT2D eigenvalue weighted by molar-refractivity contribution is 5.80. The number of piperidine rings is 1. The minimum absolute atomic E-state index is 0.0947. The summed E-state index contributed by atoms with van der Waals surface area (Å²) in [5.41, 5.74) is 3.37. The average molecular weight is 289 g/mol. The van der Waals surface area contributed by atoms with Crippen molar-refractivity contribution in [2.75, 3.05) is 20.2 Å². The van der Waals surface area contributed by atoms with Crippen LogP contribution < -0.4 is 0 Å². The van der Waals surface area contributed by atoms with Gasteiger partial charge in [-0.1, -0.05) is 23.8 Å². The molecule has 1 aromatic carbocycles. The molecular formula is C17H23NO3. The van der Waals surface area contributed by atoms with Gasteiger partial charge >= 0.3 is 5.97 Å². The molecule has 4 nitrogen and oxygen atoms in total. The molecule has 0 radical (unpaired) electrons. The number of carbonyl (C=O) groups is 2. The zero-order valence-electron chi connectivity index (χ0n) is 13.0. The van der Waals surface area contributed by atoms with Crippen molar-refractivity contribution in [1.29, 1.82) is 0 Å². The van der Waals surface area contributed by atoms with Crippen molar-refractivity contribution in [2.24, 2.45) is 5.92 Å². The number of esters is 1. The van der Waals surface area contributed by atoms with Gasteiger partial charge < -0.3 is 9.64 Å². The number of methoxy groups -OCH3 is 1. The predicted octanol–water partition coefficient (Wildman–Crippen LogP) is 2.26. The van der Waals surface area contributed by atoms with Crippen LogP contribution >= 0.6 is 0 Å². The van der Waals surface area contributed by atoms with Gasteiger partial charge in [-0.2, -0.15) is 0 Å². The molecule has 0 N–H and O–H groups in total. The minimum Gasteiger partial charge on any atom is -0.469 e. The van der Waals surface area contributed by atoms with Gasteiger partial charge in [0, 0.05) is 13.1 Å². The van der Waals surface area contributed by atoms with E-state index in [0.29, 0.717) is 13.0 Å². The lowest BCUT2D eigenvalue weighted by Crippen LogP contribution is -2.43. The molecule has 0 aliphatic carbocycles. The van der Waals surface area contributed by atoms with E-state index in [1.807, 2.05) is 19.9 Å². The van der Waals surface area contributed by atoms with Gasteiger partial charge in [-0.25, -0.2) is 0 Å². The van der Waals surface area contributed by atoms with Crippen molar-refractivity contribution in [2.45, 2.75) is 33.1 Å². The molecule has 0 aromatic heterocycles. The number of rotatable bonds is 3. The Labute approximate surface area is 126 Å². The Balaban J connectivity index is 2.02. The summed E-state index contributed by atoms with van der Waals surface area (Å²) in [6.45, 7) is 5.27. The topological polar surface area (TPSA) is 46.6 Å². The van der Waals surface area contributed by atoms with E-state index in [-0.39, 0.29) is 17.8 Å². The van der Waals surface area contributed by atoms with Gasteiger partial charge in [0.2, 0.25) is 5.91 Å². The van der Waals surface area contributed by atoms with E-state index >= 15 is 0 Å². The molecule has 1 saturated heterocycles. The second kappa shape index (κ2) is 6.74. The standard InChI is InChI=1S/C17H23NO3/c1-12-6-7-13(2)15(9-12)10-16(19)18-8-4-5-14(11-18)17(20)21-3/h6-7,9,14H,4-5,8,10-11H2,1-3H3. The summed E-state index contributed by atoms with van der Waals surface area (Å²) in [6.07, 6.45) is 2.07. The lowest BCUT2D eigenvalue weighted by molar-refractivity contribution is -0.148. The number of hydrogen-bond acceptors (Lipinski definition) is 3. The van der Waals surface area contributed by atoms with Gasteiger partial charge in [-0.05, 0) is 37.8 Å². The maximum Gasteiger partial charge on any atom is 0.310 e. The summed E-state index contributed by atoms with van der Waals surface area (Å²) in [5, 5.41) is 0. The summed E-state index contributed by atoms with van der Waals surface area (Å²) in [7, 11) is 1.40. The summed E-state index contributed by atoms with van der Waals surface area (Å²) in [6, 6.07) is 6.16. The third kappa shape index (κ3) is 3.84. The number of ether oxygens (including phenoxy) is 1. The molecule has 0 saturated carbocycles. The van der Waals surface area contributed by atoms with Gasteiger partial charge in [-0.15, -0.1) is 0 Å². The summed E-state index contributed by atoms with van der Waals surface area (Å²) in [4.78, 5) is 25.9. The van der Waals surface area contributed by atoms with Crippen LogP contribution in [0.1, 0.15) is 29.5 Å². The van der Waals surface area contributed by atoms with Crippen LogP contribution in [0.25, 0.3) is 0 Å². The quantitative estimate of drug-likeness (QED) is 0.802. The van der Waals surface area contributed by atoms with Crippen LogP contribution in [-0.2, 0) is 20.7 Å². The van der Waals surface area contributed by atoms with Crippen LogP contribution in [0.5, 0.6) is 0 Å². The van der Waals surface area contributed by atoms with E-state index in [1.54, 1.807) is 4.90 Å². The van der Waals surface area contributed by atoms with E-state index in [2.05, 4.69) is 12.1 Å². The van der Waals surface area contributed by atoms with E-state index < -0.39 is 0 Å². The lowest BCUT2D eigenvalue weighted by atomic mass is 9.97. The maximum atomic E-state index is 12.5. The molecule has 1 unspecified atom stereocenters. The molecule has 1 amide bonds. The summed E-state index contributed by atoms with van der Waals surface area (Å²) in [5.74, 6) is -0.289. The Morgan fingerprint density at radius 2 is 2.10 bits per heavy atom. The third-order valence-electron chi connectivity index (χ3n) is 4.15. The highest BCUT2D eigenvalue weighted by atomic mass is 16.5. The molecule has 1 heterocycles. The van der Waals surface area contributed by atoms with Crippen LogP contribution in [0.4, 0.5) is 0 Å². The van der Waals surface area contributed by atoms with Crippen molar-refractivity contribution >= 4 is 11.9 Å². The largest absolute Gasteiger partial charge is 0.469 e. The smallest absolute Gasteiger partial charge is 0.310 e. The van der Waals surface area contributed by atoms with Crippen LogP contribution in [0.3, 0.4) is 0 Å². The molecule has 4 heteroatoms. The highest BCUT2D eigenvalue weighted by Crippen LogP contribution is 2.19. The van der Waals surface area contributed by atoms with Gasteiger partial charge in [0.1, 0.15) is 0 Å². The fraction of sp³-hybridized carbons (Fsp3) is 0.529. The molecule has 1 aliphatic rings. The van der Waals surface area contributed by atoms with E-state index in [4.69, 9.17) is 4.74 Å². The molecule has 1 fully saturated rings. The first kappa shape index (κ1) is 15.5. The lowest BCUT2D eigenvalue weighted by Gasteiger charge is -2.31. The Morgan fingerprint density at radius 1 is 1.33 bits per heavy atom. The van der Waals surface area contributed by atoms with Crippen molar-refractivity contribution in [3.63, 3.8) is 0 Å². The molecule has 2 rings (SSSR count). The second-order valence-corrected chi connectivity index (χ2v) is 5.81. The first-order valence-corrected chi connectivity index (χ1v) is 7.43. The molecule has 1 aromatic rings. The maximum absolute atomic E-state index is 12.5. The molecule has 0 bridgehead atoms. The van der Waals surface area contributed by atoms with Gasteiger partial charge in [0.05, 0.1) is 19.4 Å². The first-order chi connectivity index (χ1) is 10.0. The Bertz CT molecular complexity index is 539. The molecular weight excluding hydrogens is 266 g/mol. The number of hydrogen-bond donors (Lipinski definition) is 0. The van der Waals surface area contributed by atoms with E-state index in [9.17, 15) is 9.59 Å². The van der Waals surface area contributed by atoms with Crippen molar-refractivity contribution in [3.05, 3.63) is 34.9 Å². The zero-order valence-corrected chi connectivity index (χ0v) is 13.0. The fourth-order valence-corrected chi connectivity index (χ4v) is 2.83. The number of nitrogens with zero attached hydrogens (tertiary/aromatic N) is 1. The SMILES string of the molecule is COC(=O)C1CCCN(C(=O)Cc2cc(C)ccc2C)C1. The van der Waals surface area contributed by atoms with E-state index in [1.165, 1.54) is 7.11 Å². The van der Waals surface area contributed by atoms with Crippen LogP contribution in [0.2, 0.25) is 0 Å². The Hall–Kier alpha value is -1.84. The molecule has 1 atom stereocenters. The number of likely N-dealkylation sites (tertiary alicyclic amines) is 1. The third-order valence-corrected chi connectivity index (χ3v) is 4.15. The van der Waals surface area contributed by atoms with E-state index in [0.717, 1.165) is 36.1 Å². The number of benzene rings is 1. The van der Waals surface area contributed by atoms with Gasteiger partial charge in [0.15, 0.2) is 0 Å². The van der Waals surface area contributed by atoms with Crippen LogP contribution in [0.15, 0.2) is 18.2 Å². The molecule has 0 spiro atoms. The Kier molecular flexibility index (Phi) is 4.99. The first-order valence-electron chi connectivity index (χ1n) is 7.43. The predicted molar refractivity (Wildman–Crippen MR) is 80.9 cm³/mol. The second-order valence-electron chi connectivity index (χ2n) is 5.81. The van der Waals surface area contributed by atoms with Crippen LogP contribution in [-0.4, -0.2) is 37.0 Å². The normalized spacial score (nSPS) is 18.4. The molecule has 114 valence electrons. The van der Waals surface area contributed by atoms with Crippen LogP contribution in [0, 0.1) is 19.8 Å². The average Bonchev–Trinajstić information content (AvgIpc) is 2.50. The zero-order chi connectivity index (χ0) is 15.4. The van der Waals surface area contributed by atoms with Gasteiger partial charge in [0.25, 0.3) is 0 Å². The van der Waals surface area contributed by atoms with Crippen molar-refractivity contribution < 1.29 is 14.3 Å². The number of amides is 1. The summed E-state index contributed by atoms with van der Waals surface area (Å²) >= 11 is 0. The molecule has 1 aliphatic heterocycles. The monoisotopic (exact) mass is 289 g/mol. The minimum atomic E-state index is -0.209. The van der Waals surface area contributed by atoms with Gasteiger partial charge in [-0.3, -0.25) is 9.59 Å². The molecule has 21 heavy (non-hydrogen) atoms. The number of aryl methyl sites for hydroxylation is 2. The highest BCUT2D eigenvalue weighted by Gasteiger charge is 2.29. The summed E-state index contributed by atoms with van der Waals surface area (Å²) < 4.78 is 4.79. The van der Waals surface area contributed by atoms with Crippen molar-refractivity contribution in [1.82, 2.24) is 4.90 Å². The number of carbonyl (C=O) groups excluding carboxylic acids is 2. The fourth-order valence-electron chi connectivity index (χ4n) is 2.83. The van der Waals surface area contributed by atoms with Crippen molar-refractivity contribution in [3.8, 4) is 0 Å².